The lowest BCUT2D eigenvalue weighted by Crippen LogP contribution is -2.56. The van der Waals surface area contributed by atoms with E-state index in [1.54, 1.807) is 27.0 Å². The number of benzene rings is 2. The van der Waals surface area contributed by atoms with E-state index in [2.05, 4.69) is 15.6 Å². The number of rotatable bonds is 4. The highest BCUT2D eigenvalue weighted by Gasteiger charge is 2.38. The van der Waals surface area contributed by atoms with Crippen molar-refractivity contribution in [3.63, 3.8) is 0 Å². The molecular formula is C36H45ClN4O7. The molecule has 1 aliphatic heterocycles. The van der Waals surface area contributed by atoms with E-state index < -0.39 is 54.0 Å². The van der Waals surface area contributed by atoms with Gasteiger partial charge < -0.3 is 35.1 Å². The molecule has 1 aromatic heterocycles. The topological polar surface area (TPSA) is 150 Å². The number of hydrogen-bond donors (Lipinski definition) is 4. The molecule has 1 aliphatic rings. The number of phenolic OH excluding ortho intramolecular Hbond substituents is 1. The van der Waals surface area contributed by atoms with Crippen molar-refractivity contribution in [2.45, 2.75) is 77.8 Å². The van der Waals surface area contributed by atoms with Crippen LogP contribution in [0, 0.1) is 11.8 Å². The number of aromatic amines is 1. The molecule has 3 aromatic rings. The first-order chi connectivity index (χ1) is 22.7. The van der Waals surface area contributed by atoms with Crippen molar-refractivity contribution >= 4 is 46.2 Å². The number of H-pyrrole nitrogens is 1. The zero-order chi connectivity index (χ0) is 35.3. The molecule has 2 aromatic carbocycles. The minimum absolute atomic E-state index is 0.00784. The van der Waals surface area contributed by atoms with Gasteiger partial charge in [0.25, 0.3) is 0 Å². The van der Waals surface area contributed by atoms with Crippen LogP contribution in [0.3, 0.4) is 0 Å². The Balaban J connectivity index is 1.82. The fourth-order valence-corrected chi connectivity index (χ4v) is 6.23. The van der Waals surface area contributed by atoms with Crippen LogP contribution in [0.1, 0.15) is 58.2 Å². The maximum absolute atomic E-state index is 14.4. The Kier molecular flexibility index (Phi) is 11.9. The molecule has 2 heterocycles. The molecule has 4 N–H and O–H groups in total. The van der Waals surface area contributed by atoms with Crippen molar-refractivity contribution < 1.29 is 33.8 Å². The summed E-state index contributed by atoms with van der Waals surface area (Å²) in [6.07, 6.45) is 2.39. The highest BCUT2D eigenvalue weighted by molar-refractivity contribution is 6.32. The average Bonchev–Trinajstić information content (AvgIpc) is 3.46. The lowest BCUT2D eigenvalue weighted by atomic mass is 9.95. The number of aromatic hydroxyl groups is 1. The number of halogens is 1. The number of ether oxygens (including phenoxy) is 2. The van der Waals surface area contributed by atoms with E-state index in [4.69, 9.17) is 21.1 Å². The fraction of sp³-hybridized carbons (Fsp3) is 0.444. The number of hydrogen-bond acceptors (Lipinski definition) is 7. The van der Waals surface area contributed by atoms with E-state index in [1.165, 1.54) is 37.3 Å². The number of carbonyl (C=O) groups is 4. The van der Waals surface area contributed by atoms with Gasteiger partial charge in [-0.25, -0.2) is 4.79 Å². The number of carbonyl (C=O) groups excluding carboxylic acids is 4. The summed E-state index contributed by atoms with van der Waals surface area (Å²) < 4.78 is 11.6. The molecule has 0 saturated heterocycles. The lowest BCUT2D eigenvalue weighted by molar-refractivity contribution is -0.164. The fourth-order valence-electron chi connectivity index (χ4n) is 6.04. The number of likely N-dealkylation sites (N-methyl/N-ethyl adjacent to an activating group) is 1. The normalized spacial score (nSPS) is 27.0. The van der Waals surface area contributed by atoms with Gasteiger partial charge in [0, 0.05) is 49.5 Å². The van der Waals surface area contributed by atoms with Gasteiger partial charge in [0.1, 0.15) is 23.9 Å². The van der Waals surface area contributed by atoms with Crippen LogP contribution in [0.4, 0.5) is 0 Å². The second kappa shape index (κ2) is 15.7. The summed E-state index contributed by atoms with van der Waals surface area (Å²) in [6.45, 7) is 8.94. The summed E-state index contributed by atoms with van der Waals surface area (Å²) in [7, 11) is 2.85. The number of nitrogens with one attached hydrogen (secondary N) is 3. The summed E-state index contributed by atoms with van der Waals surface area (Å²) in [5, 5.41) is 16.8. The Morgan fingerprint density at radius 2 is 1.73 bits per heavy atom. The van der Waals surface area contributed by atoms with Crippen LogP contribution in [0.5, 0.6) is 5.75 Å². The molecule has 7 unspecified atom stereocenters. The molecule has 0 spiro atoms. The van der Waals surface area contributed by atoms with Crippen molar-refractivity contribution in [2.24, 2.45) is 11.8 Å². The third-order valence-corrected chi connectivity index (χ3v) is 9.32. The number of esters is 1. The maximum atomic E-state index is 14.4. The number of cyclic esters (lactones) is 1. The van der Waals surface area contributed by atoms with Crippen molar-refractivity contribution in [1.82, 2.24) is 20.5 Å². The highest BCUT2D eigenvalue weighted by atomic mass is 35.5. The second-order valence-corrected chi connectivity index (χ2v) is 13.1. The lowest BCUT2D eigenvalue weighted by Gasteiger charge is -2.33. The van der Waals surface area contributed by atoms with E-state index in [1.807, 2.05) is 44.2 Å². The molecule has 0 radical (unpaired) electrons. The van der Waals surface area contributed by atoms with Gasteiger partial charge in [0.2, 0.25) is 17.7 Å². The Labute approximate surface area is 286 Å². The van der Waals surface area contributed by atoms with E-state index in [0.717, 1.165) is 22.0 Å². The first-order valence-electron chi connectivity index (χ1n) is 16.0. The van der Waals surface area contributed by atoms with Gasteiger partial charge in [-0.3, -0.25) is 14.4 Å². The number of para-hydroxylation sites is 1. The van der Waals surface area contributed by atoms with Crippen LogP contribution in [-0.2, 0) is 35.1 Å². The van der Waals surface area contributed by atoms with Gasteiger partial charge in [-0.2, -0.15) is 0 Å². The van der Waals surface area contributed by atoms with Gasteiger partial charge in [-0.1, -0.05) is 61.4 Å². The van der Waals surface area contributed by atoms with Gasteiger partial charge in [0.05, 0.1) is 11.1 Å². The number of aromatic nitrogens is 1. The molecule has 0 bridgehead atoms. The number of nitrogens with zero attached hydrogens (tertiary/aromatic N) is 1. The van der Waals surface area contributed by atoms with Gasteiger partial charge in [0.15, 0.2) is 6.10 Å². The van der Waals surface area contributed by atoms with Crippen molar-refractivity contribution in [1.29, 1.82) is 0 Å². The summed E-state index contributed by atoms with van der Waals surface area (Å²) in [5.41, 5.74) is 2.95. The molecule has 11 nitrogen and oxygen atoms in total. The minimum atomic E-state index is -1.32. The third-order valence-electron chi connectivity index (χ3n) is 9.02. The van der Waals surface area contributed by atoms with Gasteiger partial charge in [-0.05, 0) is 56.5 Å². The molecule has 12 heteroatoms. The van der Waals surface area contributed by atoms with E-state index in [9.17, 15) is 24.3 Å². The van der Waals surface area contributed by atoms with Crippen molar-refractivity contribution in [3.8, 4) is 5.75 Å². The Bertz CT molecular complexity index is 1690. The van der Waals surface area contributed by atoms with E-state index >= 15 is 0 Å². The molecule has 0 saturated carbocycles. The molecular weight excluding hydrogens is 636 g/mol. The smallest absolute Gasteiger partial charge is 0.338 e. The van der Waals surface area contributed by atoms with Gasteiger partial charge >= 0.3 is 5.97 Å². The molecule has 0 fully saturated rings. The third kappa shape index (κ3) is 8.38. The number of allylic oxidation sites excluding steroid dienone is 1. The number of fused-ring (bicyclic) bond motifs is 1. The van der Waals surface area contributed by atoms with Crippen LogP contribution < -0.4 is 10.6 Å². The molecule has 4 rings (SSSR count). The minimum Gasteiger partial charge on any atom is -0.506 e. The number of amides is 3. The first-order valence-corrected chi connectivity index (χ1v) is 16.4. The predicted molar refractivity (Wildman–Crippen MR) is 183 cm³/mol. The molecule has 3 amide bonds. The summed E-state index contributed by atoms with van der Waals surface area (Å²) in [5.74, 6) is -2.92. The quantitative estimate of drug-likeness (QED) is 0.228. The zero-order valence-corrected chi connectivity index (χ0v) is 29.1. The van der Waals surface area contributed by atoms with Crippen LogP contribution >= 0.6 is 11.6 Å². The summed E-state index contributed by atoms with van der Waals surface area (Å²) in [6, 6.07) is 8.79. The van der Waals surface area contributed by atoms with Crippen LogP contribution in [0.15, 0.2) is 60.3 Å². The standard InChI is InChI=1S/C36H45ClN4O7/c1-19-14-20(2)23(5)48-36(46)32(47-7)31(24-12-13-30(42)27(37)16-24)40-34(44)29(17-25-18-38-28-11-9-8-10-26(25)28)41(6)35(45)22(4)39-33(43)21(3)15-19/h8-14,16,18,20-23,29,31-32,38,42H,15,17H2,1-7H3,(H,39,43)(H,40,44). The summed E-state index contributed by atoms with van der Waals surface area (Å²) in [4.78, 5) is 59.7. The second-order valence-electron chi connectivity index (χ2n) is 12.7. The first kappa shape index (κ1) is 36.5. The number of phenols is 1. The predicted octanol–water partition coefficient (Wildman–Crippen LogP) is 4.83. The SMILES string of the molecule is COC1C(=O)OC(C)C(C)C=C(C)CC(C)C(=O)NC(C)C(=O)N(C)C(Cc2c[nH]c3ccccc23)C(=O)NC1c1ccc(O)c(Cl)c1. The molecule has 258 valence electrons. The van der Waals surface area contributed by atoms with Crippen molar-refractivity contribution in [3.05, 3.63) is 76.5 Å². The largest absolute Gasteiger partial charge is 0.506 e. The molecule has 7 atom stereocenters. The van der Waals surface area contributed by atoms with E-state index in [0.29, 0.717) is 12.0 Å². The van der Waals surface area contributed by atoms with E-state index in [-0.39, 0.29) is 29.0 Å². The van der Waals surface area contributed by atoms with Gasteiger partial charge in [-0.15, -0.1) is 0 Å². The Morgan fingerprint density at radius 3 is 2.42 bits per heavy atom. The molecule has 0 aliphatic carbocycles. The highest BCUT2D eigenvalue weighted by Crippen LogP contribution is 2.30. The Hall–Kier alpha value is -4.35. The molecule has 48 heavy (non-hydrogen) atoms. The maximum Gasteiger partial charge on any atom is 0.338 e. The zero-order valence-electron chi connectivity index (χ0n) is 28.4. The Morgan fingerprint density at radius 1 is 1.02 bits per heavy atom. The van der Waals surface area contributed by atoms with Crippen LogP contribution in [0.25, 0.3) is 10.9 Å². The van der Waals surface area contributed by atoms with Crippen LogP contribution in [-0.4, -0.2) is 77.1 Å². The van der Waals surface area contributed by atoms with Crippen molar-refractivity contribution in [2.75, 3.05) is 14.2 Å². The van der Waals surface area contributed by atoms with Crippen LogP contribution in [0.2, 0.25) is 5.02 Å². The number of methoxy groups -OCH3 is 1. The monoisotopic (exact) mass is 680 g/mol. The average molecular weight is 681 g/mol. The summed E-state index contributed by atoms with van der Waals surface area (Å²) >= 11 is 6.28.